The number of methoxy groups -OCH3 is 1. The molecule has 28 heavy (non-hydrogen) atoms. The van der Waals surface area contributed by atoms with Crippen LogP contribution in [0.25, 0.3) is 0 Å². The van der Waals surface area contributed by atoms with Gasteiger partial charge < -0.3 is 9.47 Å². The van der Waals surface area contributed by atoms with Crippen molar-refractivity contribution < 1.29 is 27.5 Å². The third-order valence-electron chi connectivity index (χ3n) is 4.69. The van der Waals surface area contributed by atoms with Crippen molar-refractivity contribution in [1.82, 2.24) is 4.31 Å². The van der Waals surface area contributed by atoms with Crippen LogP contribution in [0, 0.1) is 0 Å². The van der Waals surface area contributed by atoms with Crippen LogP contribution in [-0.2, 0) is 32.5 Å². The predicted molar refractivity (Wildman–Crippen MR) is 102 cm³/mol. The lowest BCUT2D eigenvalue weighted by Gasteiger charge is -2.34. The molecule has 0 saturated carbocycles. The molecule has 1 atom stereocenters. The van der Waals surface area contributed by atoms with E-state index in [4.69, 9.17) is 4.74 Å². The second-order valence-corrected chi connectivity index (χ2v) is 8.58. The molecule has 1 heterocycles. The number of fused-ring (bicyclic) bond motifs is 1. The Hall–Kier alpha value is -2.71. The summed E-state index contributed by atoms with van der Waals surface area (Å²) in [5.74, 6) is -1.03. The molecule has 0 saturated heterocycles. The Morgan fingerprint density at radius 2 is 1.71 bits per heavy atom. The first kappa shape index (κ1) is 20.0. The smallest absolute Gasteiger partial charge is 0.337 e. The van der Waals surface area contributed by atoms with E-state index in [1.165, 1.54) is 35.7 Å². The Kier molecular flexibility index (Phi) is 5.81. The van der Waals surface area contributed by atoms with Gasteiger partial charge in [-0.05, 0) is 42.3 Å². The van der Waals surface area contributed by atoms with Crippen LogP contribution in [0.2, 0.25) is 0 Å². The van der Waals surface area contributed by atoms with Crippen LogP contribution in [-0.4, -0.2) is 43.6 Å². The molecule has 0 amide bonds. The van der Waals surface area contributed by atoms with Gasteiger partial charge in [-0.25, -0.2) is 18.0 Å². The predicted octanol–water partition coefficient (Wildman–Crippen LogP) is 2.16. The normalized spacial score (nSPS) is 16.9. The summed E-state index contributed by atoms with van der Waals surface area (Å²) in [5, 5.41) is 0. The van der Waals surface area contributed by atoms with Gasteiger partial charge in [0.1, 0.15) is 11.8 Å². The average molecular weight is 403 g/mol. The molecule has 7 nitrogen and oxygen atoms in total. The maximum Gasteiger partial charge on any atom is 0.337 e. The van der Waals surface area contributed by atoms with Crippen molar-refractivity contribution in [2.45, 2.75) is 25.9 Å². The fraction of sp³-hybridized carbons (Fsp3) is 0.300. The zero-order valence-corrected chi connectivity index (χ0v) is 16.4. The molecule has 0 unspecified atom stereocenters. The molecular formula is C20H21NO6S. The molecule has 1 aliphatic heterocycles. The minimum Gasteiger partial charge on any atom is -0.465 e. The van der Waals surface area contributed by atoms with Gasteiger partial charge in [0.2, 0.25) is 10.0 Å². The summed E-state index contributed by atoms with van der Waals surface area (Å²) < 4.78 is 36.4. The highest BCUT2D eigenvalue weighted by Crippen LogP contribution is 2.27. The van der Waals surface area contributed by atoms with E-state index in [1.54, 1.807) is 6.92 Å². The molecule has 3 rings (SSSR count). The number of sulfonamides is 1. The minimum atomic E-state index is -3.60. The van der Waals surface area contributed by atoms with Gasteiger partial charge in [0, 0.05) is 13.0 Å². The number of carbonyl (C=O) groups excluding carboxylic acids is 2. The van der Waals surface area contributed by atoms with Gasteiger partial charge in [-0.1, -0.05) is 24.3 Å². The van der Waals surface area contributed by atoms with Gasteiger partial charge in [0.15, 0.2) is 0 Å². The quantitative estimate of drug-likeness (QED) is 0.561. The van der Waals surface area contributed by atoms with Crippen LogP contribution in [0.1, 0.15) is 28.4 Å². The van der Waals surface area contributed by atoms with Gasteiger partial charge in [-0.3, -0.25) is 0 Å². The second kappa shape index (κ2) is 8.12. The largest absolute Gasteiger partial charge is 0.465 e. The monoisotopic (exact) mass is 403 g/mol. The topological polar surface area (TPSA) is 90.0 Å². The summed E-state index contributed by atoms with van der Waals surface area (Å²) in [6.45, 7) is 1.68. The summed E-state index contributed by atoms with van der Waals surface area (Å²) in [4.78, 5) is 24.3. The first-order chi connectivity index (χ1) is 13.4. The van der Waals surface area contributed by atoms with Crippen molar-refractivity contribution in [1.29, 1.82) is 0 Å². The number of rotatable bonds is 5. The molecule has 0 fully saturated rings. The minimum absolute atomic E-state index is 0.104. The van der Waals surface area contributed by atoms with Crippen molar-refractivity contribution in [2.75, 3.05) is 12.9 Å². The van der Waals surface area contributed by atoms with E-state index in [0.717, 1.165) is 11.1 Å². The van der Waals surface area contributed by atoms with E-state index in [9.17, 15) is 18.0 Å². The molecule has 0 aliphatic carbocycles. The highest BCUT2D eigenvalue weighted by Gasteiger charge is 2.39. The third kappa shape index (κ3) is 4.07. The molecule has 8 heteroatoms. The van der Waals surface area contributed by atoms with E-state index in [1.807, 2.05) is 24.3 Å². The van der Waals surface area contributed by atoms with Gasteiger partial charge in [0.05, 0.1) is 18.4 Å². The molecule has 0 aromatic heterocycles. The molecule has 0 bridgehead atoms. The Morgan fingerprint density at radius 3 is 2.32 bits per heavy atom. The molecule has 2 aromatic rings. The van der Waals surface area contributed by atoms with Crippen molar-refractivity contribution >= 4 is 22.0 Å². The van der Waals surface area contributed by atoms with Crippen LogP contribution in [0.4, 0.5) is 0 Å². The summed E-state index contributed by atoms with van der Waals surface area (Å²) in [7, 11) is -2.32. The SMILES string of the molecule is CCS(=O)(=O)N1Cc2ccccc2C[C@H]1C(=O)Oc1ccc(C(=O)OC)cc1. The Bertz CT molecular complexity index is 984. The fourth-order valence-electron chi connectivity index (χ4n) is 3.12. The highest BCUT2D eigenvalue weighted by molar-refractivity contribution is 7.89. The van der Waals surface area contributed by atoms with Crippen LogP contribution in [0.15, 0.2) is 48.5 Å². The number of hydrogen-bond acceptors (Lipinski definition) is 6. The van der Waals surface area contributed by atoms with Gasteiger partial charge in [0.25, 0.3) is 0 Å². The summed E-state index contributed by atoms with van der Waals surface area (Å²) in [5.41, 5.74) is 2.13. The molecule has 0 spiro atoms. The Balaban J connectivity index is 1.84. The van der Waals surface area contributed by atoms with Crippen LogP contribution in [0.5, 0.6) is 5.75 Å². The number of esters is 2. The van der Waals surface area contributed by atoms with Crippen molar-refractivity contribution in [3.8, 4) is 5.75 Å². The van der Waals surface area contributed by atoms with Crippen molar-refractivity contribution in [2.24, 2.45) is 0 Å². The van der Waals surface area contributed by atoms with Crippen LogP contribution in [0.3, 0.4) is 0 Å². The highest BCUT2D eigenvalue weighted by atomic mass is 32.2. The van der Waals surface area contributed by atoms with Gasteiger partial charge in [-0.2, -0.15) is 4.31 Å². The number of hydrogen-bond donors (Lipinski definition) is 0. The zero-order chi connectivity index (χ0) is 20.3. The average Bonchev–Trinajstić information content (AvgIpc) is 2.72. The number of ether oxygens (including phenoxy) is 2. The van der Waals surface area contributed by atoms with Crippen LogP contribution < -0.4 is 4.74 Å². The second-order valence-electron chi connectivity index (χ2n) is 6.37. The van der Waals surface area contributed by atoms with E-state index < -0.39 is 28.0 Å². The maximum atomic E-state index is 12.8. The molecule has 0 radical (unpaired) electrons. The van der Waals surface area contributed by atoms with E-state index in [2.05, 4.69) is 4.74 Å². The zero-order valence-electron chi connectivity index (χ0n) is 15.6. The first-order valence-electron chi connectivity index (χ1n) is 8.82. The summed E-state index contributed by atoms with van der Waals surface area (Å²) in [6, 6.07) is 12.4. The summed E-state index contributed by atoms with van der Waals surface area (Å²) in [6.07, 6.45) is 0.245. The van der Waals surface area contributed by atoms with Gasteiger partial charge >= 0.3 is 11.9 Å². The molecule has 2 aromatic carbocycles. The van der Waals surface area contributed by atoms with E-state index in [0.29, 0.717) is 5.56 Å². The number of carbonyl (C=O) groups is 2. The molecule has 1 aliphatic rings. The van der Waals surface area contributed by atoms with E-state index >= 15 is 0 Å². The maximum absolute atomic E-state index is 12.8. The van der Waals surface area contributed by atoms with E-state index in [-0.39, 0.29) is 24.5 Å². The molecule has 0 N–H and O–H groups in total. The molecule has 148 valence electrons. The number of nitrogens with zero attached hydrogens (tertiary/aromatic N) is 1. The molecular weight excluding hydrogens is 382 g/mol. The lowest BCUT2D eigenvalue weighted by Crippen LogP contribution is -2.50. The summed E-state index contributed by atoms with van der Waals surface area (Å²) >= 11 is 0. The first-order valence-corrected chi connectivity index (χ1v) is 10.4. The number of benzene rings is 2. The third-order valence-corrected chi connectivity index (χ3v) is 6.52. The van der Waals surface area contributed by atoms with Crippen LogP contribution >= 0.6 is 0 Å². The standard InChI is InChI=1S/C20H21NO6S/c1-3-28(24,25)21-13-16-7-5-4-6-15(16)12-18(21)20(23)27-17-10-8-14(9-11-17)19(22)26-2/h4-11,18H,3,12-13H2,1-2H3/t18-/m0/s1. The Labute approximate surface area is 163 Å². The lowest BCUT2D eigenvalue weighted by atomic mass is 9.96. The van der Waals surface area contributed by atoms with Gasteiger partial charge in [-0.15, -0.1) is 0 Å². The fourth-order valence-corrected chi connectivity index (χ4v) is 4.33. The van der Waals surface area contributed by atoms with Crippen molar-refractivity contribution in [3.63, 3.8) is 0 Å². The Morgan fingerprint density at radius 1 is 1.07 bits per heavy atom. The van der Waals surface area contributed by atoms with Crippen molar-refractivity contribution in [3.05, 3.63) is 65.2 Å². The lowest BCUT2D eigenvalue weighted by molar-refractivity contribution is -0.139.